The lowest BCUT2D eigenvalue weighted by Gasteiger charge is -2.27. The first-order chi connectivity index (χ1) is 22.1. The number of fused-ring (bicyclic) bond motifs is 2. The normalized spacial score (nSPS) is 18.4. The number of hydrogen-bond acceptors (Lipinski definition) is 6. The van der Waals surface area contributed by atoms with Crippen LogP contribution in [0.4, 0.5) is 17.6 Å². The van der Waals surface area contributed by atoms with Crippen LogP contribution in [0.1, 0.15) is 46.2 Å². The zero-order valence-corrected chi connectivity index (χ0v) is 24.1. The van der Waals surface area contributed by atoms with Crippen molar-refractivity contribution >= 4 is 17.0 Å². The number of ether oxygens (including phenoxy) is 3. The van der Waals surface area contributed by atoms with Gasteiger partial charge < -0.3 is 23.9 Å². The molecule has 0 radical (unpaired) electrons. The van der Waals surface area contributed by atoms with Crippen molar-refractivity contribution in [3.63, 3.8) is 0 Å². The predicted molar refractivity (Wildman–Crippen MR) is 155 cm³/mol. The molecule has 0 bridgehead atoms. The van der Waals surface area contributed by atoms with Crippen molar-refractivity contribution < 1.29 is 41.7 Å². The highest BCUT2D eigenvalue weighted by Crippen LogP contribution is 2.50. The molecule has 0 saturated carbocycles. The van der Waals surface area contributed by atoms with Gasteiger partial charge in [0.15, 0.2) is 23.1 Å². The molecule has 2 aliphatic rings. The summed E-state index contributed by atoms with van der Waals surface area (Å²) in [5, 5.41) is 18.6. The fourth-order valence-electron chi connectivity index (χ4n) is 5.83. The highest BCUT2D eigenvalue weighted by atomic mass is 19.2. The molecule has 8 nitrogen and oxygen atoms in total. The van der Waals surface area contributed by atoms with Crippen molar-refractivity contribution in [3.05, 3.63) is 112 Å². The van der Waals surface area contributed by atoms with Crippen LogP contribution in [-0.2, 0) is 23.5 Å². The maximum Gasteiger partial charge on any atom is 0.335 e. The van der Waals surface area contributed by atoms with E-state index in [1.165, 1.54) is 55.5 Å². The number of aromatic nitrogens is 2. The second-order valence-electron chi connectivity index (χ2n) is 11.2. The van der Waals surface area contributed by atoms with E-state index < -0.39 is 52.6 Å². The summed E-state index contributed by atoms with van der Waals surface area (Å²) in [6.07, 6.45) is 0.124. The van der Waals surface area contributed by atoms with E-state index in [1.54, 1.807) is 4.57 Å². The largest absolute Gasteiger partial charge is 0.478 e. The molecule has 0 spiro atoms. The van der Waals surface area contributed by atoms with Crippen LogP contribution in [-0.4, -0.2) is 33.3 Å². The van der Waals surface area contributed by atoms with Crippen LogP contribution >= 0.6 is 0 Å². The van der Waals surface area contributed by atoms with Gasteiger partial charge >= 0.3 is 5.97 Å². The summed E-state index contributed by atoms with van der Waals surface area (Å²) < 4.78 is 81.4. The fraction of sp³-hybridized carbons (Fsp3) is 0.206. The average molecular weight is 630 g/mol. The lowest BCUT2D eigenvalue weighted by atomic mass is 9.99. The van der Waals surface area contributed by atoms with Crippen LogP contribution < -0.4 is 9.47 Å². The first-order valence-electron chi connectivity index (χ1n) is 14.3. The molecule has 2 aliphatic heterocycles. The molecule has 232 valence electrons. The van der Waals surface area contributed by atoms with E-state index in [9.17, 15) is 14.3 Å². The van der Waals surface area contributed by atoms with Crippen LogP contribution in [0.15, 0.2) is 60.7 Å². The molecule has 12 heteroatoms. The topological polar surface area (TPSA) is 107 Å². The lowest BCUT2D eigenvalue weighted by molar-refractivity contribution is -0.0705. The Hall–Kier alpha value is -5.41. The van der Waals surface area contributed by atoms with Crippen LogP contribution in [0.2, 0.25) is 0 Å². The van der Waals surface area contributed by atoms with Crippen molar-refractivity contribution in [1.29, 1.82) is 5.26 Å². The summed E-state index contributed by atoms with van der Waals surface area (Å²) in [5.74, 6) is -7.19. The lowest BCUT2D eigenvalue weighted by Crippen LogP contribution is -2.32. The number of rotatable bonds is 7. The van der Waals surface area contributed by atoms with E-state index in [-0.39, 0.29) is 52.2 Å². The third kappa shape index (κ3) is 4.80. The van der Waals surface area contributed by atoms with Gasteiger partial charge in [-0.3, -0.25) is 0 Å². The number of carboxylic acid groups (broad SMARTS) is 1. The van der Waals surface area contributed by atoms with Gasteiger partial charge in [-0.25, -0.2) is 27.3 Å². The summed E-state index contributed by atoms with van der Waals surface area (Å²) in [4.78, 5) is 16.1. The molecule has 2 unspecified atom stereocenters. The third-order valence-corrected chi connectivity index (χ3v) is 8.30. The molecule has 0 aliphatic carbocycles. The van der Waals surface area contributed by atoms with Gasteiger partial charge in [0.1, 0.15) is 17.5 Å². The molecule has 1 saturated heterocycles. The van der Waals surface area contributed by atoms with Gasteiger partial charge in [0.25, 0.3) is 5.79 Å². The molecule has 0 amide bonds. The Balaban J connectivity index is 1.26. The van der Waals surface area contributed by atoms with Crippen LogP contribution in [0.5, 0.6) is 11.5 Å². The van der Waals surface area contributed by atoms with Crippen molar-refractivity contribution in [2.45, 2.75) is 38.2 Å². The minimum Gasteiger partial charge on any atom is -0.478 e. The summed E-state index contributed by atoms with van der Waals surface area (Å²) in [5.41, 5.74) is -0.0994. The zero-order valence-electron chi connectivity index (χ0n) is 24.1. The first kappa shape index (κ1) is 29.3. The van der Waals surface area contributed by atoms with Gasteiger partial charge in [0.05, 0.1) is 46.4 Å². The Bertz CT molecular complexity index is 2120. The molecular formula is C34H23F4N3O5. The molecule has 2 atom stereocenters. The predicted octanol–water partition coefficient (Wildman–Crippen LogP) is 6.85. The molecule has 5 aromatic rings. The van der Waals surface area contributed by atoms with Crippen LogP contribution in [0.25, 0.3) is 22.2 Å². The molecule has 3 heterocycles. The number of hydrogen-bond donors (Lipinski definition) is 1. The Morgan fingerprint density at radius 2 is 1.85 bits per heavy atom. The van der Waals surface area contributed by atoms with Gasteiger partial charge in [0, 0.05) is 36.6 Å². The molecule has 4 aromatic carbocycles. The highest BCUT2D eigenvalue weighted by molar-refractivity contribution is 5.92. The molecule has 1 fully saturated rings. The number of para-hydroxylation sites is 1. The second kappa shape index (κ2) is 10.9. The third-order valence-electron chi connectivity index (χ3n) is 8.30. The van der Waals surface area contributed by atoms with E-state index in [0.29, 0.717) is 17.6 Å². The van der Waals surface area contributed by atoms with Crippen molar-refractivity contribution in [2.75, 3.05) is 6.61 Å². The average Bonchev–Trinajstić information content (AvgIpc) is 3.55. The molecule has 46 heavy (non-hydrogen) atoms. The molecule has 1 aromatic heterocycles. The van der Waals surface area contributed by atoms with E-state index in [1.807, 2.05) is 6.07 Å². The van der Waals surface area contributed by atoms with Gasteiger partial charge in [-0.15, -0.1) is 0 Å². The standard InChI is InChI=1S/C34H23F4N3O5/c1-34(23-7-5-17(15-39)11-25(23)36)45-28-4-2-3-20(32(28)46-34)21-13-24(35)22(31(38)30(21)37)14-29-40-26-8-6-18(33(42)43)12-27(26)41(29)16-19-9-10-44-19/h2-8,11-13,19H,9-10,14,16H2,1H3,(H,42,43). The zero-order chi connectivity index (χ0) is 32.3. The van der Waals surface area contributed by atoms with E-state index in [0.717, 1.165) is 18.6 Å². The number of aromatic carboxylic acids is 1. The van der Waals surface area contributed by atoms with Crippen LogP contribution in [0.3, 0.4) is 0 Å². The number of halogens is 4. The van der Waals surface area contributed by atoms with Crippen molar-refractivity contribution in [3.8, 4) is 28.7 Å². The minimum atomic E-state index is -1.71. The van der Waals surface area contributed by atoms with Gasteiger partial charge in [-0.1, -0.05) is 12.1 Å². The fourth-order valence-corrected chi connectivity index (χ4v) is 5.83. The maximum absolute atomic E-state index is 15.8. The summed E-state index contributed by atoms with van der Waals surface area (Å²) in [7, 11) is 0. The molecule has 7 rings (SSSR count). The Morgan fingerprint density at radius 1 is 1.04 bits per heavy atom. The Morgan fingerprint density at radius 3 is 2.54 bits per heavy atom. The van der Waals surface area contributed by atoms with Gasteiger partial charge in [-0.05, 0) is 55.0 Å². The quantitative estimate of drug-likeness (QED) is 0.155. The minimum absolute atomic E-state index is 0.0158. The van der Waals surface area contributed by atoms with E-state index >= 15 is 13.2 Å². The van der Waals surface area contributed by atoms with Crippen molar-refractivity contribution in [1.82, 2.24) is 9.55 Å². The summed E-state index contributed by atoms with van der Waals surface area (Å²) in [6, 6.07) is 15.2. The Labute approximate surface area is 259 Å². The van der Waals surface area contributed by atoms with Gasteiger partial charge in [-0.2, -0.15) is 5.26 Å². The monoisotopic (exact) mass is 629 g/mol. The first-order valence-corrected chi connectivity index (χ1v) is 14.3. The second-order valence-corrected chi connectivity index (χ2v) is 11.2. The van der Waals surface area contributed by atoms with E-state index in [4.69, 9.17) is 19.5 Å². The number of carbonyl (C=O) groups is 1. The number of benzene rings is 4. The number of imidazole rings is 1. The summed E-state index contributed by atoms with van der Waals surface area (Å²) >= 11 is 0. The maximum atomic E-state index is 15.8. The SMILES string of the molecule is CC1(c2ccc(C#N)cc2F)Oc2cccc(-c3cc(F)c(Cc4nc5ccc(C(=O)O)cc5n4CC4CCO4)c(F)c3F)c2O1. The summed E-state index contributed by atoms with van der Waals surface area (Å²) in [6.45, 7) is 2.26. The smallest absolute Gasteiger partial charge is 0.335 e. The van der Waals surface area contributed by atoms with Crippen LogP contribution in [0, 0.1) is 34.6 Å². The van der Waals surface area contributed by atoms with Gasteiger partial charge in [0.2, 0.25) is 0 Å². The van der Waals surface area contributed by atoms with E-state index in [2.05, 4.69) is 4.98 Å². The van der Waals surface area contributed by atoms with Crippen molar-refractivity contribution in [2.24, 2.45) is 0 Å². The number of nitrogens with zero attached hydrogens (tertiary/aromatic N) is 3. The highest BCUT2D eigenvalue weighted by Gasteiger charge is 2.42. The molecular weight excluding hydrogens is 606 g/mol. The number of carboxylic acids is 1. The Kier molecular flexibility index (Phi) is 6.94. The number of nitriles is 1. The molecule has 1 N–H and O–H groups in total.